The van der Waals surface area contributed by atoms with E-state index < -0.39 is 11.9 Å². The first-order chi connectivity index (χ1) is 16.1. The van der Waals surface area contributed by atoms with Crippen molar-refractivity contribution < 1.29 is 34.0 Å². The molecule has 4 rings (SSSR count). The van der Waals surface area contributed by atoms with Crippen LogP contribution in [0.15, 0.2) is 60.7 Å². The average Bonchev–Trinajstić information content (AvgIpc) is 2.78. The molecular formula is C26H27NO7. The zero-order valence-corrected chi connectivity index (χ0v) is 19.2. The van der Waals surface area contributed by atoms with Crippen LogP contribution in [0.4, 0.5) is 5.69 Å². The second-order valence-corrected chi connectivity index (χ2v) is 8.27. The summed E-state index contributed by atoms with van der Waals surface area (Å²) >= 11 is 0. The Morgan fingerprint density at radius 2 is 1.71 bits per heavy atom. The maximum atomic E-state index is 11.7. The first-order valence-electron chi connectivity index (χ1n) is 10.6. The number of aromatic carboxylic acids is 1. The SMILES string of the molecule is COc1c(C(=O)O)ccc2c1CCC(C)(C)O2.Nc1ccc(C(=O)Oc2ccccc2)c(O)c1. The van der Waals surface area contributed by atoms with Crippen LogP contribution in [0.5, 0.6) is 23.0 Å². The molecule has 0 atom stereocenters. The lowest BCUT2D eigenvalue weighted by atomic mass is 9.92. The number of carbonyl (C=O) groups is 2. The van der Waals surface area contributed by atoms with Crippen molar-refractivity contribution in [2.24, 2.45) is 0 Å². The molecule has 1 aliphatic heterocycles. The lowest BCUT2D eigenvalue weighted by Crippen LogP contribution is -2.32. The van der Waals surface area contributed by atoms with Crippen LogP contribution in [0.25, 0.3) is 0 Å². The summed E-state index contributed by atoms with van der Waals surface area (Å²) in [6, 6.07) is 16.1. The maximum Gasteiger partial charge on any atom is 0.347 e. The highest BCUT2D eigenvalue weighted by atomic mass is 16.5. The standard InChI is InChI=1S/C13H11NO3.C13H16O4/c14-9-6-7-11(12(15)8-9)13(16)17-10-4-2-1-3-5-10;1-13(2)7-6-8-10(17-13)5-4-9(12(14)15)11(8)16-3/h1-8,15H,14H2;4-5H,6-7H2,1-3H3,(H,14,15). The number of anilines is 1. The van der Waals surface area contributed by atoms with Crippen LogP contribution in [0.3, 0.4) is 0 Å². The molecule has 0 bridgehead atoms. The molecule has 34 heavy (non-hydrogen) atoms. The number of carboxylic acids is 1. The number of fused-ring (bicyclic) bond motifs is 1. The topological polar surface area (TPSA) is 128 Å². The first-order valence-corrected chi connectivity index (χ1v) is 10.6. The molecular weight excluding hydrogens is 438 g/mol. The molecule has 0 amide bonds. The van der Waals surface area contributed by atoms with Gasteiger partial charge in [0.05, 0.1) is 7.11 Å². The van der Waals surface area contributed by atoms with Crippen LogP contribution in [0, 0.1) is 0 Å². The quantitative estimate of drug-likeness (QED) is 0.288. The first kappa shape index (κ1) is 24.4. The van der Waals surface area contributed by atoms with E-state index in [9.17, 15) is 14.7 Å². The number of benzene rings is 3. The number of ether oxygens (including phenoxy) is 3. The molecule has 178 valence electrons. The number of hydrogen-bond donors (Lipinski definition) is 3. The number of para-hydroxylation sites is 1. The predicted octanol–water partition coefficient (Wildman–Crippen LogP) is 4.69. The Hall–Kier alpha value is -4.20. The van der Waals surface area contributed by atoms with Crippen molar-refractivity contribution in [3.63, 3.8) is 0 Å². The Bertz CT molecular complexity index is 1190. The minimum atomic E-state index is -0.977. The Kier molecular flexibility index (Phi) is 7.31. The highest BCUT2D eigenvalue weighted by molar-refractivity contribution is 5.94. The number of phenolic OH excluding ortho intramolecular Hbond substituents is 1. The second-order valence-electron chi connectivity index (χ2n) is 8.27. The number of esters is 1. The third-order valence-corrected chi connectivity index (χ3v) is 5.21. The number of rotatable bonds is 4. The van der Waals surface area contributed by atoms with E-state index in [2.05, 4.69) is 0 Å². The summed E-state index contributed by atoms with van der Waals surface area (Å²) in [6.45, 7) is 4.04. The number of nitrogen functional groups attached to an aromatic ring is 1. The van der Waals surface area contributed by atoms with E-state index in [1.807, 2.05) is 19.9 Å². The molecule has 0 fully saturated rings. The molecule has 3 aromatic carbocycles. The van der Waals surface area contributed by atoms with Gasteiger partial charge in [-0.2, -0.15) is 0 Å². The fourth-order valence-corrected chi connectivity index (χ4v) is 3.49. The molecule has 1 heterocycles. The van der Waals surface area contributed by atoms with Crippen molar-refractivity contribution in [2.45, 2.75) is 32.3 Å². The van der Waals surface area contributed by atoms with Crippen LogP contribution in [0.2, 0.25) is 0 Å². The molecule has 0 saturated heterocycles. The molecule has 0 aliphatic carbocycles. The Morgan fingerprint density at radius 3 is 2.32 bits per heavy atom. The third kappa shape index (κ3) is 5.78. The highest BCUT2D eigenvalue weighted by Crippen LogP contribution is 2.40. The van der Waals surface area contributed by atoms with E-state index in [0.717, 1.165) is 24.2 Å². The van der Waals surface area contributed by atoms with Crippen LogP contribution < -0.4 is 19.9 Å². The molecule has 0 spiro atoms. The third-order valence-electron chi connectivity index (χ3n) is 5.21. The Morgan fingerprint density at radius 1 is 1.03 bits per heavy atom. The van der Waals surface area contributed by atoms with Crippen molar-refractivity contribution in [2.75, 3.05) is 12.8 Å². The zero-order valence-electron chi connectivity index (χ0n) is 19.2. The van der Waals surface area contributed by atoms with Crippen molar-refractivity contribution in [1.82, 2.24) is 0 Å². The Labute approximate surface area is 197 Å². The summed E-state index contributed by atoms with van der Waals surface area (Å²) < 4.78 is 16.1. The van der Waals surface area contributed by atoms with Gasteiger partial charge in [0.1, 0.15) is 39.7 Å². The molecule has 0 aromatic heterocycles. The molecule has 3 aromatic rings. The van der Waals surface area contributed by atoms with E-state index in [4.69, 9.17) is 25.1 Å². The Balaban J connectivity index is 0.000000191. The molecule has 0 saturated carbocycles. The van der Waals surface area contributed by atoms with E-state index >= 15 is 0 Å². The van der Waals surface area contributed by atoms with Gasteiger partial charge in [-0.15, -0.1) is 0 Å². The molecule has 8 nitrogen and oxygen atoms in total. The van der Waals surface area contributed by atoms with E-state index in [1.165, 1.54) is 31.4 Å². The van der Waals surface area contributed by atoms with E-state index in [1.54, 1.807) is 30.3 Å². The minimum absolute atomic E-state index is 0.0862. The minimum Gasteiger partial charge on any atom is -0.507 e. The fourth-order valence-electron chi connectivity index (χ4n) is 3.49. The summed E-state index contributed by atoms with van der Waals surface area (Å²) in [5, 5.41) is 18.6. The summed E-state index contributed by atoms with van der Waals surface area (Å²) in [4.78, 5) is 22.8. The number of hydrogen-bond acceptors (Lipinski definition) is 7. The molecule has 1 aliphatic rings. The lowest BCUT2D eigenvalue weighted by molar-refractivity contribution is 0.0687. The molecule has 0 unspecified atom stereocenters. The van der Waals surface area contributed by atoms with Crippen LogP contribution in [-0.2, 0) is 6.42 Å². The summed E-state index contributed by atoms with van der Waals surface area (Å²) in [5.74, 6) is -0.212. The van der Waals surface area contributed by atoms with Gasteiger partial charge < -0.3 is 30.2 Å². The fraction of sp³-hybridized carbons (Fsp3) is 0.231. The van der Waals surface area contributed by atoms with Crippen LogP contribution in [0.1, 0.15) is 46.5 Å². The monoisotopic (exact) mass is 465 g/mol. The maximum absolute atomic E-state index is 11.7. The molecule has 8 heteroatoms. The largest absolute Gasteiger partial charge is 0.507 e. The number of carboxylic acid groups (broad SMARTS) is 1. The van der Waals surface area contributed by atoms with Gasteiger partial charge in [-0.3, -0.25) is 0 Å². The van der Waals surface area contributed by atoms with Gasteiger partial charge >= 0.3 is 11.9 Å². The summed E-state index contributed by atoms with van der Waals surface area (Å²) in [7, 11) is 1.49. The molecule has 4 N–H and O–H groups in total. The van der Waals surface area contributed by atoms with Gasteiger partial charge in [-0.05, 0) is 63.1 Å². The second kappa shape index (κ2) is 10.2. The van der Waals surface area contributed by atoms with Crippen LogP contribution in [-0.4, -0.2) is 34.9 Å². The van der Waals surface area contributed by atoms with E-state index in [0.29, 0.717) is 17.2 Å². The van der Waals surface area contributed by atoms with Gasteiger partial charge in [0.2, 0.25) is 0 Å². The number of nitrogens with two attached hydrogens (primary N) is 1. The predicted molar refractivity (Wildman–Crippen MR) is 127 cm³/mol. The smallest absolute Gasteiger partial charge is 0.347 e. The van der Waals surface area contributed by atoms with Crippen molar-refractivity contribution in [1.29, 1.82) is 0 Å². The van der Waals surface area contributed by atoms with Crippen molar-refractivity contribution in [3.8, 4) is 23.0 Å². The van der Waals surface area contributed by atoms with Crippen molar-refractivity contribution >= 4 is 17.6 Å². The molecule has 0 radical (unpaired) electrons. The van der Waals surface area contributed by atoms with Gasteiger partial charge in [-0.1, -0.05) is 18.2 Å². The summed E-state index contributed by atoms with van der Waals surface area (Å²) in [5.41, 5.74) is 6.78. The number of aromatic hydroxyl groups is 1. The summed E-state index contributed by atoms with van der Waals surface area (Å²) in [6.07, 6.45) is 1.62. The van der Waals surface area contributed by atoms with Gasteiger partial charge in [0, 0.05) is 17.3 Å². The number of carbonyl (C=O) groups excluding carboxylic acids is 1. The van der Waals surface area contributed by atoms with Crippen molar-refractivity contribution in [3.05, 3.63) is 77.4 Å². The highest BCUT2D eigenvalue weighted by Gasteiger charge is 2.30. The van der Waals surface area contributed by atoms with Gasteiger partial charge in [-0.25, -0.2) is 9.59 Å². The lowest BCUT2D eigenvalue weighted by Gasteiger charge is -2.33. The average molecular weight is 466 g/mol. The van der Waals surface area contributed by atoms with Crippen LogP contribution >= 0.6 is 0 Å². The number of phenols is 1. The van der Waals surface area contributed by atoms with Gasteiger partial charge in [0.25, 0.3) is 0 Å². The van der Waals surface area contributed by atoms with E-state index in [-0.39, 0.29) is 22.5 Å². The zero-order chi connectivity index (χ0) is 24.9. The normalized spacial score (nSPS) is 13.4. The number of methoxy groups -OCH3 is 1. The van der Waals surface area contributed by atoms with Gasteiger partial charge in [0.15, 0.2) is 0 Å².